The van der Waals surface area contributed by atoms with E-state index in [0.717, 1.165) is 36.4 Å². The van der Waals surface area contributed by atoms with Gasteiger partial charge in [0.15, 0.2) is 0 Å². The monoisotopic (exact) mass is 285 g/mol. The van der Waals surface area contributed by atoms with E-state index in [2.05, 4.69) is 30.1 Å². The van der Waals surface area contributed by atoms with Crippen molar-refractivity contribution in [3.8, 4) is 5.75 Å². The Morgan fingerprint density at radius 2 is 2.05 bits per heavy atom. The minimum Gasteiger partial charge on any atom is -0.489 e. The topological polar surface area (TPSA) is 41.5 Å². The quantitative estimate of drug-likeness (QED) is 0.578. The molecule has 0 aliphatic heterocycles. The summed E-state index contributed by atoms with van der Waals surface area (Å²) in [5, 5.41) is 14.6. The molecule has 2 rings (SSSR count). The summed E-state index contributed by atoms with van der Waals surface area (Å²) in [4.78, 5) is 0. The second-order valence-corrected chi connectivity index (χ2v) is 5.26. The van der Waals surface area contributed by atoms with Gasteiger partial charge in [0.2, 0.25) is 0 Å². The molecule has 2 aromatic carbocycles. The van der Waals surface area contributed by atoms with Crippen molar-refractivity contribution < 1.29 is 9.84 Å². The van der Waals surface area contributed by atoms with Gasteiger partial charge in [0.25, 0.3) is 0 Å². The maximum absolute atomic E-state index is 8.86. The van der Waals surface area contributed by atoms with Crippen LogP contribution >= 0.6 is 0 Å². The highest BCUT2D eigenvalue weighted by Gasteiger charge is 2.08. The maximum Gasteiger partial charge on any atom is 0.124 e. The first kappa shape index (κ1) is 15.5. The predicted molar refractivity (Wildman–Crippen MR) is 87.7 cm³/mol. The number of hydrogen-bond donors (Lipinski definition) is 2. The van der Waals surface area contributed by atoms with E-state index in [0.29, 0.717) is 6.61 Å². The predicted octanol–water partition coefficient (Wildman–Crippen LogP) is 3.27. The lowest BCUT2D eigenvalue weighted by molar-refractivity contribution is 0.285. The van der Waals surface area contributed by atoms with E-state index in [1.807, 2.05) is 25.1 Å². The highest BCUT2D eigenvalue weighted by molar-refractivity contribution is 5.87. The molecule has 0 heterocycles. The molecule has 21 heavy (non-hydrogen) atoms. The second kappa shape index (κ2) is 7.81. The third-order valence-corrected chi connectivity index (χ3v) is 3.29. The molecule has 0 aliphatic rings. The summed E-state index contributed by atoms with van der Waals surface area (Å²) in [5.74, 6) is 0.896. The molecule has 0 radical (unpaired) electrons. The molecule has 0 amide bonds. The Kier molecular flexibility index (Phi) is 5.78. The molecule has 0 unspecified atom stereocenters. The maximum atomic E-state index is 8.86. The fourth-order valence-corrected chi connectivity index (χ4v) is 2.25. The molecule has 0 saturated carbocycles. The van der Waals surface area contributed by atoms with Crippen molar-refractivity contribution >= 4 is 10.8 Å². The number of aliphatic hydroxyl groups excluding tert-OH is 1. The van der Waals surface area contributed by atoms with Crippen LogP contribution in [0.5, 0.6) is 5.75 Å². The summed E-state index contributed by atoms with van der Waals surface area (Å²) in [7, 11) is 0. The Morgan fingerprint density at radius 1 is 1.24 bits per heavy atom. The Morgan fingerprint density at radius 3 is 2.81 bits per heavy atom. The fourth-order valence-electron chi connectivity index (χ4n) is 2.25. The first-order valence-electron chi connectivity index (χ1n) is 7.31. The Bertz CT molecular complexity index is 607. The molecule has 0 bridgehead atoms. The van der Waals surface area contributed by atoms with Crippen molar-refractivity contribution in [2.45, 2.75) is 19.9 Å². The zero-order valence-electron chi connectivity index (χ0n) is 12.6. The molecule has 2 aromatic rings. The van der Waals surface area contributed by atoms with Crippen molar-refractivity contribution in [3.05, 3.63) is 54.1 Å². The summed E-state index contributed by atoms with van der Waals surface area (Å²) < 4.78 is 5.87. The van der Waals surface area contributed by atoms with E-state index in [1.165, 1.54) is 10.8 Å². The molecule has 0 aliphatic carbocycles. The van der Waals surface area contributed by atoms with Crippen LogP contribution in [0.3, 0.4) is 0 Å². The molecule has 0 aromatic heterocycles. The summed E-state index contributed by atoms with van der Waals surface area (Å²) >= 11 is 0. The summed E-state index contributed by atoms with van der Waals surface area (Å²) in [5.41, 5.74) is 2.16. The van der Waals surface area contributed by atoms with Gasteiger partial charge in [-0.15, -0.1) is 0 Å². The van der Waals surface area contributed by atoms with Gasteiger partial charge in [0.05, 0.1) is 0 Å². The van der Waals surface area contributed by atoms with Gasteiger partial charge < -0.3 is 15.2 Å². The van der Waals surface area contributed by atoms with Crippen molar-refractivity contribution in [2.75, 3.05) is 19.8 Å². The van der Waals surface area contributed by atoms with Crippen molar-refractivity contribution in [3.63, 3.8) is 0 Å². The van der Waals surface area contributed by atoms with Crippen molar-refractivity contribution in [2.24, 2.45) is 0 Å². The summed E-state index contributed by atoms with van der Waals surface area (Å²) in [6.07, 6.45) is 0.757. The highest BCUT2D eigenvalue weighted by Crippen LogP contribution is 2.28. The minimum atomic E-state index is 0.210. The van der Waals surface area contributed by atoms with Crippen LogP contribution in [0.4, 0.5) is 0 Å². The van der Waals surface area contributed by atoms with Crippen LogP contribution in [-0.2, 0) is 6.54 Å². The van der Waals surface area contributed by atoms with Gasteiger partial charge in [-0.2, -0.15) is 0 Å². The molecular weight excluding hydrogens is 262 g/mol. The van der Waals surface area contributed by atoms with E-state index >= 15 is 0 Å². The molecule has 0 spiro atoms. The van der Waals surface area contributed by atoms with Crippen LogP contribution < -0.4 is 10.1 Å². The first-order valence-corrected chi connectivity index (χ1v) is 7.31. The fraction of sp³-hybridized carbons (Fsp3) is 0.333. The van der Waals surface area contributed by atoms with E-state index in [9.17, 15) is 0 Å². The minimum absolute atomic E-state index is 0.210. The Balaban J connectivity index is 2.25. The molecule has 3 nitrogen and oxygen atoms in total. The molecule has 3 heteroatoms. The number of ether oxygens (including phenoxy) is 1. The van der Waals surface area contributed by atoms with Crippen LogP contribution in [0.25, 0.3) is 10.8 Å². The van der Waals surface area contributed by atoms with Crippen LogP contribution in [0.1, 0.15) is 18.9 Å². The second-order valence-electron chi connectivity index (χ2n) is 5.26. The molecule has 0 atom stereocenters. The van der Waals surface area contributed by atoms with Gasteiger partial charge in [0, 0.05) is 18.7 Å². The normalized spacial score (nSPS) is 10.8. The zero-order chi connectivity index (χ0) is 15.1. The van der Waals surface area contributed by atoms with Crippen LogP contribution in [0.15, 0.2) is 48.6 Å². The van der Waals surface area contributed by atoms with Crippen LogP contribution in [0, 0.1) is 0 Å². The average molecular weight is 285 g/mol. The number of benzene rings is 2. The van der Waals surface area contributed by atoms with Gasteiger partial charge in [-0.3, -0.25) is 0 Å². The van der Waals surface area contributed by atoms with Gasteiger partial charge >= 0.3 is 0 Å². The third kappa shape index (κ3) is 4.31. The summed E-state index contributed by atoms with van der Waals surface area (Å²) in [6.45, 7) is 8.10. The SMILES string of the molecule is C=C(C)COc1ccc2ccccc2c1CNCCCO. The number of hydrogen-bond acceptors (Lipinski definition) is 3. The van der Waals surface area contributed by atoms with Crippen LogP contribution in [0.2, 0.25) is 0 Å². The van der Waals surface area contributed by atoms with Gasteiger partial charge in [-0.05, 0) is 42.3 Å². The molecular formula is C18H23NO2. The lowest BCUT2D eigenvalue weighted by Gasteiger charge is -2.15. The van der Waals surface area contributed by atoms with E-state index in [1.54, 1.807) is 0 Å². The molecule has 2 N–H and O–H groups in total. The van der Waals surface area contributed by atoms with Gasteiger partial charge in [-0.25, -0.2) is 0 Å². The first-order chi connectivity index (χ1) is 10.2. The largest absolute Gasteiger partial charge is 0.489 e. The van der Waals surface area contributed by atoms with Gasteiger partial charge in [0.1, 0.15) is 12.4 Å². The molecule has 0 saturated heterocycles. The van der Waals surface area contributed by atoms with Crippen molar-refractivity contribution in [1.29, 1.82) is 0 Å². The van der Waals surface area contributed by atoms with Crippen molar-refractivity contribution in [1.82, 2.24) is 5.32 Å². The highest BCUT2D eigenvalue weighted by atomic mass is 16.5. The lowest BCUT2D eigenvalue weighted by Crippen LogP contribution is -2.17. The molecule has 0 fully saturated rings. The van der Waals surface area contributed by atoms with Crippen LogP contribution in [-0.4, -0.2) is 24.9 Å². The summed E-state index contributed by atoms with van der Waals surface area (Å²) in [6, 6.07) is 12.4. The average Bonchev–Trinajstić information content (AvgIpc) is 2.50. The zero-order valence-corrected chi connectivity index (χ0v) is 12.6. The smallest absolute Gasteiger partial charge is 0.124 e. The standard InChI is InChI=1S/C18H23NO2/c1-14(2)13-21-18-9-8-15-6-3-4-7-16(15)17(18)12-19-10-5-11-20/h3-4,6-9,19-20H,1,5,10-13H2,2H3. The number of nitrogens with one attached hydrogen (secondary N) is 1. The third-order valence-electron chi connectivity index (χ3n) is 3.29. The van der Waals surface area contributed by atoms with E-state index < -0.39 is 0 Å². The lowest BCUT2D eigenvalue weighted by atomic mass is 10.0. The number of rotatable bonds is 8. The number of fused-ring (bicyclic) bond motifs is 1. The van der Waals surface area contributed by atoms with E-state index in [4.69, 9.17) is 9.84 Å². The Labute approximate surface area is 126 Å². The van der Waals surface area contributed by atoms with E-state index in [-0.39, 0.29) is 6.61 Å². The number of aliphatic hydroxyl groups is 1. The van der Waals surface area contributed by atoms with Gasteiger partial charge in [-0.1, -0.05) is 36.9 Å². The molecule has 112 valence electrons. The Hall–Kier alpha value is -1.84.